The van der Waals surface area contributed by atoms with E-state index in [0.717, 1.165) is 19.3 Å². The number of rotatable bonds is 3. The van der Waals surface area contributed by atoms with Crippen LogP contribution in [0.3, 0.4) is 0 Å². The zero-order valence-electron chi connectivity index (χ0n) is 20.0. The zero-order valence-corrected chi connectivity index (χ0v) is 20.0. The molecule has 0 amide bonds. The highest BCUT2D eigenvalue weighted by atomic mass is 16.5. The molecule has 33 heavy (non-hydrogen) atoms. The Morgan fingerprint density at radius 2 is 1.82 bits per heavy atom. The first-order chi connectivity index (χ1) is 15.6. The van der Waals surface area contributed by atoms with E-state index in [1.807, 2.05) is 18.2 Å². The van der Waals surface area contributed by atoms with Gasteiger partial charge in [0.05, 0.1) is 11.7 Å². The van der Waals surface area contributed by atoms with Crippen molar-refractivity contribution in [1.29, 1.82) is 0 Å². The molecule has 9 atom stereocenters. The van der Waals surface area contributed by atoms with Gasteiger partial charge in [-0.05, 0) is 79.7 Å². The molecule has 0 saturated heterocycles. The maximum absolute atomic E-state index is 13.1. The van der Waals surface area contributed by atoms with Crippen LogP contribution in [0.1, 0.15) is 76.1 Å². The molecule has 5 nitrogen and oxygen atoms in total. The quantitative estimate of drug-likeness (QED) is 0.678. The molecular formula is C28H36O5. The van der Waals surface area contributed by atoms with Crippen molar-refractivity contribution in [2.75, 3.05) is 0 Å². The molecule has 1 N–H and O–H groups in total. The number of hydrogen-bond acceptors (Lipinski definition) is 5. The molecule has 4 aliphatic carbocycles. The fourth-order valence-corrected chi connectivity index (χ4v) is 8.67. The smallest absolute Gasteiger partial charge is 0.338 e. The molecule has 0 aromatic heterocycles. The van der Waals surface area contributed by atoms with Crippen LogP contribution in [0.4, 0.5) is 0 Å². The lowest BCUT2D eigenvalue weighted by atomic mass is 9.43. The summed E-state index contributed by atoms with van der Waals surface area (Å²) in [5, 5.41) is 11.6. The number of aliphatic hydroxyl groups excluding tert-OH is 1. The van der Waals surface area contributed by atoms with E-state index in [1.165, 1.54) is 0 Å². The third kappa shape index (κ3) is 3.50. The summed E-state index contributed by atoms with van der Waals surface area (Å²) >= 11 is 0. The van der Waals surface area contributed by atoms with Crippen molar-refractivity contribution in [1.82, 2.24) is 0 Å². The monoisotopic (exact) mass is 452 g/mol. The largest absolute Gasteiger partial charge is 0.458 e. The number of benzene rings is 1. The van der Waals surface area contributed by atoms with Crippen molar-refractivity contribution in [2.24, 2.45) is 40.4 Å². The van der Waals surface area contributed by atoms with E-state index in [1.54, 1.807) is 19.1 Å². The third-order valence-corrected chi connectivity index (χ3v) is 10.2. The molecule has 0 radical (unpaired) electrons. The number of carbonyl (C=O) groups excluding carboxylic acids is 3. The average molecular weight is 453 g/mol. The first kappa shape index (κ1) is 22.8. The summed E-state index contributed by atoms with van der Waals surface area (Å²) in [5.41, 5.74) is 0.0927. The number of carbonyl (C=O) groups is 3. The Morgan fingerprint density at radius 3 is 2.52 bits per heavy atom. The van der Waals surface area contributed by atoms with E-state index < -0.39 is 6.10 Å². The second-order valence-electron chi connectivity index (χ2n) is 11.7. The van der Waals surface area contributed by atoms with Crippen molar-refractivity contribution >= 4 is 17.5 Å². The number of hydrogen-bond donors (Lipinski definition) is 1. The topological polar surface area (TPSA) is 80.7 Å². The van der Waals surface area contributed by atoms with Gasteiger partial charge in [-0.1, -0.05) is 32.0 Å². The predicted octanol–water partition coefficient (Wildman–Crippen LogP) is 4.61. The highest BCUT2D eigenvalue weighted by Crippen LogP contribution is 2.67. The Hall–Kier alpha value is -2.01. The normalized spacial score (nSPS) is 44.4. The molecule has 0 heterocycles. The zero-order chi connectivity index (χ0) is 23.5. The lowest BCUT2D eigenvalue weighted by Gasteiger charge is -2.63. The lowest BCUT2D eigenvalue weighted by Crippen LogP contribution is -2.63. The maximum atomic E-state index is 13.1. The second kappa shape index (κ2) is 8.04. The van der Waals surface area contributed by atoms with Gasteiger partial charge in [0.15, 0.2) is 0 Å². The lowest BCUT2D eigenvalue weighted by molar-refractivity contribution is -0.205. The SMILES string of the molecule is CC(=O)[C@H]1CC[C@H]2[C@H]3[C@H]([C@H](O)C[C@]12C)[C@@]1(C)CCC(=O)C[C@H]1C[C@H]3OC(=O)c1ccccc1. The standard InChI is InChI=1S/C28H36O5/c1-16(29)20-9-10-21-24-23(33-26(32)17-7-5-4-6-8-17)14-18-13-19(30)11-12-27(18,2)25(24)22(31)15-28(20,21)3/h4-8,18,20-25,31H,9-15H2,1-3H3/t18-,20+,21-,22+,23+,24+,25-,27-,28+/m0/s1. The van der Waals surface area contributed by atoms with Gasteiger partial charge in [-0.15, -0.1) is 0 Å². The highest BCUT2D eigenvalue weighted by Gasteiger charge is 2.66. The molecule has 1 aromatic rings. The van der Waals surface area contributed by atoms with Crippen LogP contribution in [-0.2, 0) is 14.3 Å². The number of aliphatic hydroxyl groups is 1. The van der Waals surface area contributed by atoms with E-state index in [0.29, 0.717) is 31.2 Å². The third-order valence-electron chi connectivity index (χ3n) is 10.2. The molecule has 0 spiro atoms. The molecule has 1 aromatic carbocycles. The van der Waals surface area contributed by atoms with Gasteiger partial charge in [-0.2, -0.15) is 0 Å². The van der Waals surface area contributed by atoms with Crippen LogP contribution in [0.15, 0.2) is 30.3 Å². The van der Waals surface area contributed by atoms with Crippen LogP contribution in [0, 0.1) is 40.4 Å². The van der Waals surface area contributed by atoms with E-state index >= 15 is 0 Å². The van der Waals surface area contributed by atoms with E-state index in [4.69, 9.17) is 4.74 Å². The molecule has 4 aliphatic rings. The van der Waals surface area contributed by atoms with E-state index in [-0.39, 0.29) is 64.1 Å². The van der Waals surface area contributed by atoms with Crippen molar-refractivity contribution in [3.63, 3.8) is 0 Å². The minimum absolute atomic E-state index is 0.00483. The fraction of sp³-hybridized carbons (Fsp3) is 0.679. The van der Waals surface area contributed by atoms with Crippen LogP contribution in [0.2, 0.25) is 0 Å². The van der Waals surface area contributed by atoms with Gasteiger partial charge in [-0.25, -0.2) is 4.79 Å². The summed E-state index contributed by atoms with van der Waals surface area (Å²) in [7, 11) is 0. The van der Waals surface area contributed by atoms with Crippen molar-refractivity contribution in [3.8, 4) is 0 Å². The Kier molecular flexibility index (Phi) is 5.55. The van der Waals surface area contributed by atoms with E-state index in [2.05, 4.69) is 13.8 Å². The minimum atomic E-state index is -0.560. The van der Waals surface area contributed by atoms with Crippen LogP contribution >= 0.6 is 0 Å². The van der Waals surface area contributed by atoms with Crippen LogP contribution in [0.25, 0.3) is 0 Å². The first-order valence-electron chi connectivity index (χ1n) is 12.6. The summed E-state index contributed by atoms with van der Waals surface area (Å²) in [4.78, 5) is 38.0. The Balaban J connectivity index is 1.54. The average Bonchev–Trinajstić information content (AvgIpc) is 3.11. The fourth-order valence-electron chi connectivity index (χ4n) is 8.67. The van der Waals surface area contributed by atoms with Gasteiger partial charge >= 0.3 is 5.97 Å². The number of ketones is 2. The van der Waals surface area contributed by atoms with E-state index in [9.17, 15) is 19.5 Å². The summed E-state index contributed by atoms with van der Waals surface area (Å²) in [6.07, 6.45) is 3.97. The molecule has 0 bridgehead atoms. The maximum Gasteiger partial charge on any atom is 0.338 e. The Labute approximate surface area is 196 Å². The molecule has 5 rings (SSSR count). The first-order valence-corrected chi connectivity index (χ1v) is 12.6. The van der Waals surface area contributed by atoms with Gasteiger partial charge in [0.2, 0.25) is 0 Å². The predicted molar refractivity (Wildman–Crippen MR) is 123 cm³/mol. The van der Waals surface area contributed by atoms with Crippen LogP contribution < -0.4 is 0 Å². The van der Waals surface area contributed by atoms with Gasteiger partial charge in [0, 0.05) is 24.7 Å². The van der Waals surface area contributed by atoms with Crippen molar-refractivity contribution < 1.29 is 24.2 Å². The second-order valence-corrected chi connectivity index (χ2v) is 11.7. The van der Waals surface area contributed by atoms with Gasteiger partial charge in [-0.3, -0.25) is 9.59 Å². The summed E-state index contributed by atoms with van der Waals surface area (Å²) in [6.45, 7) is 6.10. The van der Waals surface area contributed by atoms with Crippen molar-refractivity contribution in [3.05, 3.63) is 35.9 Å². The number of ether oxygens (including phenoxy) is 1. The molecule has 0 aliphatic heterocycles. The van der Waals surface area contributed by atoms with Gasteiger partial charge in [0.1, 0.15) is 17.7 Å². The Bertz CT molecular complexity index is 956. The molecule has 5 heteroatoms. The molecular weight excluding hydrogens is 416 g/mol. The minimum Gasteiger partial charge on any atom is -0.458 e. The number of fused-ring (bicyclic) bond motifs is 5. The number of Topliss-reactive ketones (excluding diaryl/α,β-unsaturated/α-hetero) is 2. The van der Waals surface area contributed by atoms with Crippen LogP contribution in [0.5, 0.6) is 0 Å². The Morgan fingerprint density at radius 1 is 1.09 bits per heavy atom. The summed E-state index contributed by atoms with van der Waals surface area (Å²) < 4.78 is 6.23. The molecule has 0 unspecified atom stereocenters. The van der Waals surface area contributed by atoms with Gasteiger partial charge in [0.25, 0.3) is 0 Å². The number of esters is 1. The summed E-state index contributed by atoms with van der Waals surface area (Å²) in [6, 6.07) is 9.05. The van der Waals surface area contributed by atoms with Crippen molar-refractivity contribution in [2.45, 2.75) is 77.9 Å². The molecule has 4 fully saturated rings. The van der Waals surface area contributed by atoms with Crippen LogP contribution in [-0.4, -0.2) is 34.9 Å². The molecule has 4 saturated carbocycles. The van der Waals surface area contributed by atoms with Gasteiger partial charge < -0.3 is 9.84 Å². The molecule has 178 valence electrons. The summed E-state index contributed by atoms with van der Waals surface area (Å²) in [5.74, 6) is 0.395. The highest BCUT2D eigenvalue weighted by molar-refractivity contribution is 5.89.